The van der Waals surface area contributed by atoms with Crippen LogP contribution in [0.2, 0.25) is 0 Å². The van der Waals surface area contributed by atoms with Gasteiger partial charge in [-0.3, -0.25) is 10.1 Å². The molecule has 0 unspecified atom stereocenters. The zero-order valence-corrected chi connectivity index (χ0v) is 11.3. The van der Waals surface area contributed by atoms with E-state index in [1.54, 1.807) is 19.1 Å². The first-order chi connectivity index (χ1) is 9.18. The van der Waals surface area contributed by atoms with Gasteiger partial charge in [0, 0.05) is 12.1 Å². The van der Waals surface area contributed by atoms with Crippen molar-refractivity contribution in [1.29, 1.82) is 0 Å². The quantitative estimate of drug-likeness (QED) is 0.490. The highest BCUT2D eigenvalue weighted by molar-refractivity contribution is 5.64. The van der Waals surface area contributed by atoms with Gasteiger partial charge in [-0.1, -0.05) is 23.8 Å². The normalized spacial score (nSPS) is 14.9. The van der Waals surface area contributed by atoms with Crippen molar-refractivity contribution in [3.8, 4) is 0 Å². The summed E-state index contributed by atoms with van der Waals surface area (Å²) in [6.07, 6.45) is 8.22. The van der Waals surface area contributed by atoms with Crippen molar-refractivity contribution in [2.45, 2.75) is 39.0 Å². The molecular weight excluding hydrogens is 240 g/mol. The molecule has 19 heavy (non-hydrogen) atoms. The van der Waals surface area contributed by atoms with Gasteiger partial charge in [-0.05, 0) is 45.1 Å². The van der Waals surface area contributed by atoms with Crippen molar-refractivity contribution in [2.24, 2.45) is 0 Å². The third-order valence-corrected chi connectivity index (χ3v) is 3.57. The Hall–Kier alpha value is -1.84. The molecule has 0 aliphatic heterocycles. The van der Waals surface area contributed by atoms with E-state index in [2.05, 4.69) is 11.4 Å². The lowest BCUT2D eigenvalue weighted by Gasteiger charge is -2.13. The summed E-state index contributed by atoms with van der Waals surface area (Å²) in [5.74, 6) is 0. The average molecular weight is 260 g/mol. The summed E-state index contributed by atoms with van der Waals surface area (Å²) < 4.78 is 0. The van der Waals surface area contributed by atoms with Gasteiger partial charge in [-0.15, -0.1) is 0 Å². The SMILES string of the molecule is Cc1cccc(NCCC2=CCCCC2)c1[N+](=O)[O-]. The molecule has 1 aromatic rings. The summed E-state index contributed by atoms with van der Waals surface area (Å²) in [6, 6.07) is 5.40. The van der Waals surface area contributed by atoms with Crippen LogP contribution in [0, 0.1) is 17.0 Å². The largest absolute Gasteiger partial charge is 0.379 e. The second kappa shape index (κ2) is 6.36. The number of nitro benzene ring substituents is 1. The van der Waals surface area contributed by atoms with Crippen LogP contribution in [0.25, 0.3) is 0 Å². The third-order valence-electron chi connectivity index (χ3n) is 3.57. The number of hydrogen-bond donors (Lipinski definition) is 1. The molecule has 0 radical (unpaired) electrons. The van der Waals surface area contributed by atoms with Crippen LogP contribution < -0.4 is 5.32 Å². The van der Waals surface area contributed by atoms with Crippen molar-refractivity contribution in [2.75, 3.05) is 11.9 Å². The number of nitrogens with zero attached hydrogens (tertiary/aromatic N) is 1. The number of nitrogens with one attached hydrogen (secondary N) is 1. The Morgan fingerprint density at radius 2 is 2.21 bits per heavy atom. The van der Waals surface area contributed by atoms with Gasteiger partial charge in [-0.2, -0.15) is 0 Å². The fraction of sp³-hybridized carbons (Fsp3) is 0.467. The first-order valence-corrected chi connectivity index (χ1v) is 6.84. The lowest BCUT2D eigenvalue weighted by Crippen LogP contribution is -2.07. The molecule has 0 spiro atoms. The molecule has 1 aromatic carbocycles. The zero-order chi connectivity index (χ0) is 13.7. The zero-order valence-electron chi connectivity index (χ0n) is 11.3. The van der Waals surface area contributed by atoms with Crippen LogP contribution in [0.4, 0.5) is 11.4 Å². The number of rotatable bonds is 5. The molecule has 0 saturated heterocycles. The van der Waals surface area contributed by atoms with E-state index in [-0.39, 0.29) is 10.6 Å². The molecular formula is C15H20N2O2. The maximum absolute atomic E-state index is 11.1. The van der Waals surface area contributed by atoms with E-state index in [1.165, 1.54) is 31.3 Å². The van der Waals surface area contributed by atoms with Crippen LogP contribution in [0.15, 0.2) is 29.8 Å². The molecule has 0 heterocycles. The number of para-hydroxylation sites is 1. The topological polar surface area (TPSA) is 55.2 Å². The molecule has 102 valence electrons. The van der Waals surface area contributed by atoms with Gasteiger partial charge in [0.1, 0.15) is 5.69 Å². The second-order valence-corrected chi connectivity index (χ2v) is 5.01. The highest BCUT2D eigenvalue weighted by Crippen LogP contribution is 2.28. The molecule has 4 nitrogen and oxygen atoms in total. The number of benzene rings is 1. The first kappa shape index (κ1) is 13.6. The van der Waals surface area contributed by atoms with Crippen molar-refractivity contribution in [1.82, 2.24) is 0 Å². The van der Waals surface area contributed by atoms with Crippen LogP contribution in [0.1, 0.15) is 37.7 Å². The Bertz CT molecular complexity index is 495. The predicted octanol–water partition coefficient (Wildman–Crippen LogP) is 4.21. The summed E-state index contributed by atoms with van der Waals surface area (Å²) in [6.45, 7) is 2.53. The minimum absolute atomic E-state index is 0.195. The van der Waals surface area contributed by atoms with Gasteiger partial charge in [0.05, 0.1) is 4.92 Å². The summed E-state index contributed by atoms with van der Waals surface area (Å²) in [5.41, 5.74) is 3.00. The van der Waals surface area contributed by atoms with Crippen LogP contribution in [-0.2, 0) is 0 Å². The van der Waals surface area contributed by atoms with Crippen LogP contribution in [0.5, 0.6) is 0 Å². The van der Waals surface area contributed by atoms with E-state index >= 15 is 0 Å². The Balaban J connectivity index is 1.97. The fourth-order valence-electron chi connectivity index (χ4n) is 2.53. The highest BCUT2D eigenvalue weighted by atomic mass is 16.6. The Morgan fingerprint density at radius 1 is 1.37 bits per heavy atom. The average Bonchev–Trinajstić information content (AvgIpc) is 2.39. The molecule has 4 heteroatoms. The molecule has 0 atom stereocenters. The van der Waals surface area contributed by atoms with Gasteiger partial charge in [0.2, 0.25) is 0 Å². The Labute approximate surface area is 113 Å². The molecule has 0 bridgehead atoms. The van der Waals surface area contributed by atoms with E-state index in [0.717, 1.165) is 13.0 Å². The molecule has 1 N–H and O–H groups in total. The standard InChI is InChI=1S/C15H20N2O2/c1-12-6-5-9-14(15(12)17(18)19)16-11-10-13-7-3-2-4-8-13/h5-7,9,16H,2-4,8,10-11H2,1H3. The summed E-state index contributed by atoms with van der Waals surface area (Å²) in [4.78, 5) is 10.8. The summed E-state index contributed by atoms with van der Waals surface area (Å²) in [7, 11) is 0. The molecule has 1 aliphatic rings. The van der Waals surface area contributed by atoms with Gasteiger partial charge < -0.3 is 5.32 Å². The first-order valence-electron chi connectivity index (χ1n) is 6.84. The number of hydrogen-bond acceptors (Lipinski definition) is 3. The van der Waals surface area contributed by atoms with Crippen LogP contribution in [0.3, 0.4) is 0 Å². The predicted molar refractivity (Wildman–Crippen MR) is 77.5 cm³/mol. The van der Waals surface area contributed by atoms with Gasteiger partial charge in [-0.25, -0.2) is 0 Å². The molecule has 1 aliphatic carbocycles. The third kappa shape index (κ3) is 3.56. The molecule has 0 aromatic heterocycles. The fourth-order valence-corrected chi connectivity index (χ4v) is 2.53. The van der Waals surface area contributed by atoms with E-state index in [0.29, 0.717) is 11.3 Å². The highest BCUT2D eigenvalue weighted by Gasteiger charge is 2.16. The lowest BCUT2D eigenvalue weighted by atomic mass is 9.97. The number of nitro groups is 1. The van der Waals surface area contributed by atoms with Gasteiger partial charge in [0.15, 0.2) is 0 Å². The van der Waals surface area contributed by atoms with Gasteiger partial charge in [0.25, 0.3) is 5.69 Å². The summed E-state index contributed by atoms with van der Waals surface area (Å²) >= 11 is 0. The van der Waals surface area contributed by atoms with Gasteiger partial charge >= 0.3 is 0 Å². The minimum Gasteiger partial charge on any atom is -0.379 e. The lowest BCUT2D eigenvalue weighted by molar-refractivity contribution is -0.384. The minimum atomic E-state index is -0.308. The van der Waals surface area contributed by atoms with Crippen molar-refractivity contribution in [3.63, 3.8) is 0 Å². The molecule has 2 rings (SSSR count). The van der Waals surface area contributed by atoms with Crippen molar-refractivity contribution < 1.29 is 4.92 Å². The second-order valence-electron chi connectivity index (χ2n) is 5.01. The van der Waals surface area contributed by atoms with E-state index in [4.69, 9.17) is 0 Å². The smallest absolute Gasteiger partial charge is 0.295 e. The molecule has 0 amide bonds. The Morgan fingerprint density at radius 3 is 2.89 bits per heavy atom. The van der Waals surface area contributed by atoms with Crippen LogP contribution in [-0.4, -0.2) is 11.5 Å². The van der Waals surface area contributed by atoms with E-state index in [1.807, 2.05) is 6.07 Å². The molecule has 0 saturated carbocycles. The number of allylic oxidation sites excluding steroid dienone is 1. The Kier molecular flexibility index (Phi) is 4.55. The van der Waals surface area contributed by atoms with Crippen molar-refractivity contribution >= 4 is 11.4 Å². The summed E-state index contributed by atoms with van der Waals surface area (Å²) in [5, 5.41) is 14.3. The number of aryl methyl sites for hydroxylation is 1. The number of anilines is 1. The van der Waals surface area contributed by atoms with Crippen LogP contribution >= 0.6 is 0 Å². The monoisotopic (exact) mass is 260 g/mol. The maximum atomic E-state index is 11.1. The van der Waals surface area contributed by atoms with E-state index < -0.39 is 0 Å². The molecule has 0 fully saturated rings. The van der Waals surface area contributed by atoms with Crippen molar-refractivity contribution in [3.05, 3.63) is 45.5 Å². The maximum Gasteiger partial charge on any atom is 0.295 e. The van der Waals surface area contributed by atoms with E-state index in [9.17, 15) is 10.1 Å².